The Hall–Kier alpha value is -0.650. The Balaban J connectivity index is 3.36. The van der Waals surface area contributed by atoms with Gasteiger partial charge in [0.05, 0.1) is 5.56 Å². The van der Waals surface area contributed by atoms with Crippen LogP contribution < -0.4 is 0 Å². The summed E-state index contributed by atoms with van der Waals surface area (Å²) < 4.78 is 61.0. The van der Waals surface area contributed by atoms with Crippen LogP contribution in [0.2, 0.25) is 0 Å². The Morgan fingerprint density at radius 3 is 2.07 bits per heavy atom. The van der Waals surface area contributed by atoms with Crippen LogP contribution in [0, 0.1) is 0 Å². The SMILES string of the molecule is FC(F)c1c(Br)cccc1C(F)(F)F. The maximum absolute atomic E-state index is 12.3. The van der Waals surface area contributed by atoms with Crippen LogP contribution in [0.5, 0.6) is 0 Å². The fourth-order valence-electron chi connectivity index (χ4n) is 1.01. The third-order valence-electron chi connectivity index (χ3n) is 1.58. The molecule has 0 nitrogen and oxygen atoms in total. The van der Waals surface area contributed by atoms with E-state index in [-0.39, 0.29) is 4.47 Å². The van der Waals surface area contributed by atoms with Gasteiger partial charge in [-0.05, 0) is 12.1 Å². The summed E-state index contributed by atoms with van der Waals surface area (Å²) in [6.45, 7) is 0. The van der Waals surface area contributed by atoms with E-state index in [2.05, 4.69) is 15.9 Å². The molecule has 0 atom stereocenters. The number of hydrogen-bond donors (Lipinski definition) is 0. The summed E-state index contributed by atoms with van der Waals surface area (Å²) in [6, 6.07) is 2.85. The molecule has 1 rings (SSSR count). The van der Waals surface area contributed by atoms with Crippen molar-refractivity contribution in [2.24, 2.45) is 0 Å². The molecule has 0 heterocycles. The van der Waals surface area contributed by atoms with Crippen molar-refractivity contribution in [3.05, 3.63) is 33.8 Å². The van der Waals surface area contributed by atoms with Crippen molar-refractivity contribution in [3.63, 3.8) is 0 Å². The van der Waals surface area contributed by atoms with Gasteiger partial charge >= 0.3 is 6.18 Å². The lowest BCUT2D eigenvalue weighted by molar-refractivity contribution is -0.139. The van der Waals surface area contributed by atoms with Gasteiger partial charge in [-0.2, -0.15) is 13.2 Å². The maximum atomic E-state index is 12.3. The summed E-state index contributed by atoms with van der Waals surface area (Å²) in [5, 5.41) is 0. The van der Waals surface area contributed by atoms with E-state index in [4.69, 9.17) is 0 Å². The van der Waals surface area contributed by atoms with E-state index in [9.17, 15) is 22.0 Å². The lowest BCUT2D eigenvalue weighted by Crippen LogP contribution is -2.09. The summed E-state index contributed by atoms with van der Waals surface area (Å²) in [4.78, 5) is 0. The molecule has 0 saturated carbocycles. The first-order chi connectivity index (χ1) is 6.34. The summed E-state index contributed by atoms with van der Waals surface area (Å²) >= 11 is 2.66. The minimum absolute atomic E-state index is 0.234. The van der Waals surface area contributed by atoms with Gasteiger partial charge in [-0.25, -0.2) is 8.78 Å². The molecule has 0 N–H and O–H groups in total. The minimum Gasteiger partial charge on any atom is -0.205 e. The highest BCUT2D eigenvalue weighted by molar-refractivity contribution is 9.10. The lowest BCUT2D eigenvalue weighted by Gasteiger charge is -2.13. The Bertz CT molecular complexity index is 331. The Morgan fingerprint density at radius 2 is 1.71 bits per heavy atom. The molecule has 1 aromatic rings. The van der Waals surface area contributed by atoms with Crippen molar-refractivity contribution in [1.82, 2.24) is 0 Å². The summed E-state index contributed by atoms with van der Waals surface area (Å²) in [5.41, 5.74) is -2.32. The molecule has 0 amide bonds. The van der Waals surface area contributed by atoms with E-state index in [1.54, 1.807) is 0 Å². The van der Waals surface area contributed by atoms with Gasteiger partial charge in [-0.15, -0.1) is 0 Å². The topological polar surface area (TPSA) is 0 Å². The average Bonchev–Trinajstić information content (AvgIpc) is 2.01. The standard InChI is InChI=1S/C8H4BrF5/c9-5-3-1-2-4(8(12,13)14)6(5)7(10)11/h1-3,7H. The molecule has 0 aromatic heterocycles. The van der Waals surface area contributed by atoms with Crippen molar-refractivity contribution >= 4 is 15.9 Å². The molecule has 0 saturated heterocycles. The van der Waals surface area contributed by atoms with Crippen LogP contribution in [0.25, 0.3) is 0 Å². The molecule has 0 bridgehead atoms. The van der Waals surface area contributed by atoms with E-state index >= 15 is 0 Å². The summed E-state index contributed by atoms with van der Waals surface area (Å²) in [7, 11) is 0. The van der Waals surface area contributed by atoms with Gasteiger partial charge in [-0.3, -0.25) is 0 Å². The number of halogens is 6. The molecule has 0 radical (unpaired) electrons. The van der Waals surface area contributed by atoms with Crippen LogP contribution in [0.1, 0.15) is 17.6 Å². The molecule has 1 aromatic carbocycles. The van der Waals surface area contributed by atoms with Crippen LogP contribution in [-0.2, 0) is 6.18 Å². The second kappa shape index (κ2) is 3.84. The van der Waals surface area contributed by atoms with Crippen molar-refractivity contribution < 1.29 is 22.0 Å². The second-order valence-electron chi connectivity index (χ2n) is 2.50. The van der Waals surface area contributed by atoms with Crippen molar-refractivity contribution in [2.75, 3.05) is 0 Å². The van der Waals surface area contributed by atoms with Gasteiger partial charge < -0.3 is 0 Å². The molecule has 6 heteroatoms. The molecule has 0 unspecified atom stereocenters. The van der Waals surface area contributed by atoms with Crippen LogP contribution in [0.15, 0.2) is 22.7 Å². The van der Waals surface area contributed by atoms with Gasteiger partial charge in [0.15, 0.2) is 0 Å². The fraction of sp³-hybridized carbons (Fsp3) is 0.250. The van der Waals surface area contributed by atoms with Crippen molar-refractivity contribution in [3.8, 4) is 0 Å². The molecule has 78 valence electrons. The van der Waals surface area contributed by atoms with Crippen LogP contribution >= 0.6 is 15.9 Å². The normalized spacial score (nSPS) is 12.2. The van der Waals surface area contributed by atoms with Gasteiger partial charge in [0.2, 0.25) is 0 Å². The van der Waals surface area contributed by atoms with E-state index in [0.29, 0.717) is 6.07 Å². The highest BCUT2D eigenvalue weighted by Gasteiger charge is 2.36. The molecule has 0 aliphatic rings. The van der Waals surface area contributed by atoms with Crippen LogP contribution in [0.3, 0.4) is 0 Å². The fourth-order valence-corrected chi connectivity index (χ4v) is 1.55. The maximum Gasteiger partial charge on any atom is 0.416 e. The van der Waals surface area contributed by atoms with E-state index in [1.807, 2.05) is 0 Å². The molecule has 0 spiro atoms. The third kappa shape index (κ3) is 2.23. The van der Waals surface area contributed by atoms with E-state index in [1.165, 1.54) is 0 Å². The number of benzene rings is 1. The molecule has 0 fully saturated rings. The molecule has 0 aliphatic heterocycles. The highest BCUT2D eigenvalue weighted by Crippen LogP contribution is 2.39. The zero-order valence-electron chi connectivity index (χ0n) is 6.58. The van der Waals surface area contributed by atoms with E-state index < -0.39 is 23.7 Å². The predicted molar refractivity (Wildman–Crippen MR) is 44.1 cm³/mol. The number of rotatable bonds is 1. The van der Waals surface area contributed by atoms with Crippen LogP contribution in [-0.4, -0.2) is 0 Å². The highest BCUT2D eigenvalue weighted by atomic mass is 79.9. The number of alkyl halides is 5. The smallest absolute Gasteiger partial charge is 0.205 e. The first-order valence-corrected chi connectivity index (χ1v) is 4.27. The predicted octanol–water partition coefficient (Wildman–Crippen LogP) is 4.41. The summed E-state index contributed by atoms with van der Waals surface area (Å²) in [5.74, 6) is 0. The Kier molecular flexibility index (Phi) is 3.14. The first kappa shape index (κ1) is 11.4. The molecule has 0 aliphatic carbocycles. The minimum atomic E-state index is -4.75. The van der Waals surface area contributed by atoms with Crippen LogP contribution in [0.4, 0.5) is 22.0 Å². The molecular weight excluding hydrogens is 271 g/mol. The largest absolute Gasteiger partial charge is 0.416 e. The number of hydrogen-bond acceptors (Lipinski definition) is 0. The summed E-state index contributed by atoms with van der Waals surface area (Å²) in [6.07, 6.45) is -7.91. The van der Waals surface area contributed by atoms with Gasteiger partial charge in [-0.1, -0.05) is 22.0 Å². The third-order valence-corrected chi connectivity index (χ3v) is 2.27. The Labute approximate surface area is 84.9 Å². The van der Waals surface area contributed by atoms with Gasteiger partial charge in [0.25, 0.3) is 6.43 Å². The zero-order valence-corrected chi connectivity index (χ0v) is 8.16. The van der Waals surface area contributed by atoms with Crippen molar-refractivity contribution in [1.29, 1.82) is 0 Å². The average molecular weight is 275 g/mol. The molecular formula is C8H4BrF5. The van der Waals surface area contributed by atoms with Gasteiger partial charge in [0.1, 0.15) is 0 Å². The second-order valence-corrected chi connectivity index (χ2v) is 3.35. The quantitative estimate of drug-likeness (QED) is 0.666. The molecule has 14 heavy (non-hydrogen) atoms. The monoisotopic (exact) mass is 274 g/mol. The van der Waals surface area contributed by atoms with E-state index in [0.717, 1.165) is 12.1 Å². The zero-order chi connectivity index (χ0) is 10.9. The van der Waals surface area contributed by atoms with Gasteiger partial charge in [0, 0.05) is 10.0 Å². The lowest BCUT2D eigenvalue weighted by atomic mass is 10.1. The first-order valence-electron chi connectivity index (χ1n) is 3.48. The Morgan fingerprint density at radius 1 is 1.14 bits per heavy atom. The van der Waals surface area contributed by atoms with Crippen molar-refractivity contribution in [2.45, 2.75) is 12.6 Å².